The fourth-order valence-electron chi connectivity index (χ4n) is 15.7. The SMILES string of the molecule is CCc1cc2c(-c3ccc(-c4ccccc4)cc3)cccc2[cH-]1.CCc1cc2c(-c3ccc(-c4ccccc4)cc3)cccc2[cH-]1.CCc1cc2c(-c3ccc(-c4ccccc4)cc3)cccc2[cH-]1.CCc1cc2c(-c3ccc(-c4ccccc4)cc3)cccc2[cH-]1.[Cl-].[Cl-].[Zr+2]=[Si](c1ccccc1)c1ccccc1.[Zr+2]=[Si](c1ccccc1)c1ccccc1. The second-order valence-corrected chi connectivity index (χ2v) is 41.3. The average Bonchev–Trinajstić information content (AvgIpc) is 1.65. The molecule has 0 bridgehead atoms. The summed E-state index contributed by atoms with van der Waals surface area (Å²) >= 11 is 3.29. The first-order valence-corrected chi connectivity index (χ1v) is 52.3. The minimum atomic E-state index is -0.455. The zero-order chi connectivity index (χ0) is 82.2. The van der Waals surface area contributed by atoms with Gasteiger partial charge in [0.1, 0.15) is 0 Å². The number of halogens is 2. The van der Waals surface area contributed by atoms with Gasteiger partial charge in [-0.25, -0.2) is 0 Å². The summed E-state index contributed by atoms with van der Waals surface area (Å²) in [4.78, 5) is 0. The fourth-order valence-corrected chi connectivity index (χ4v) is 23.3. The monoisotopic (exact) mass is 1790 g/mol. The van der Waals surface area contributed by atoms with Crippen LogP contribution in [0.3, 0.4) is 0 Å². The van der Waals surface area contributed by atoms with Crippen molar-refractivity contribution in [3.8, 4) is 89.0 Å². The summed E-state index contributed by atoms with van der Waals surface area (Å²) in [5.41, 5.74) is 25.2. The molecule has 0 aliphatic rings. The summed E-state index contributed by atoms with van der Waals surface area (Å²) in [6.07, 6.45) is 4.34. The van der Waals surface area contributed by atoms with Crippen LogP contribution < -0.4 is 45.6 Å². The molecule has 0 fully saturated rings. The van der Waals surface area contributed by atoms with Crippen molar-refractivity contribution in [1.29, 1.82) is 0 Å². The van der Waals surface area contributed by atoms with Gasteiger partial charge >= 0.3 is 200 Å². The molecule has 6 heteroatoms. The van der Waals surface area contributed by atoms with Gasteiger partial charge in [-0.15, -0.1) is 138 Å². The molecule has 0 aliphatic heterocycles. The van der Waals surface area contributed by atoms with E-state index in [0.29, 0.717) is 0 Å². The summed E-state index contributed by atoms with van der Waals surface area (Å²) in [6, 6.07) is 166. The van der Waals surface area contributed by atoms with E-state index >= 15 is 0 Å². The van der Waals surface area contributed by atoms with Crippen molar-refractivity contribution in [3.05, 3.63) is 483 Å². The van der Waals surface area contributed by atoms with Crippen molar-refractivity contribution in [2.24, 2.45) is 0 Å². The summed E-state index contributed by atoms with van der Waals surface area (Å²) in [5, 5.41) is 16.9. The van der Waals surface area contributed by atoms with Gasteiger partial charge in [-0.05, 0) is 92.4 Å². The van der Waals surface area contributed by atoms with Gasteiger partial charge in [-0.1, -0.05) is 293 Å². The van der Waals surface area contributed by atoms with Gasteiger partial charge in [0.25, 0.3) is 0 Å². The van der Waals surface area contributed by atoms with Crippen LogP contribution in [0.2, 0.25) is 0 Å². The Morgan fingerprint density at radius 2 is 0.336 bits per heavy atom. The first-order chi connectivity index (χ1) is 59.1. The molecule has 0 saturated carbocycles. The molecule has 0 atom stereocenters. The standard InChI is InChI=1S/4C23H19.2C12H10Si.2ClH.2Zr/c4*1-2-17-15-21-9-6-10-22(23(21)16-17)20-13-11-19(12-14-20)18-7-4-3-5-8-18;2*1-3-7-11(8-4-1)13-12-9-5-2-6-10-12;;;;/h4*3-16H,2H2,1H3;2*1-10H;2*1H;;/q4*-1;;;;;2*+2/p-2. The van der Waals surface area contributed by atoms with Crippen LogP contribution in [-0.2, 0) is 72.4 Å². The van der Waals surface area contributed by atoms with Gasteiger partial charge in [0.05, 0.1) is 0 Å². The van der Waals surface area contributed by atoms with Crippen LogP contribution in [0.25, 0.3) is 132 Å². The Morgan fingerprint density at radius 1 is 0.180 bits per heavy atom. The Morgan fingerprint density at radius 3 is 0.508 bits per heavy atom. The van der Waals surface area contributed by atoms with Gasteiger partial charge in [0, 0.05) is 0 Å². The molecule has 592 valence electrons. The predicted octanol–water partition coefficient (Wildman–Crippen LogP) is 22.5. The molecule has 0 nitrogen and oxygen atoms in total. The van der Waals surface area contributed by atoms with Gasteiger partial charge in [0.15, 0.2) is 0 Å². The van der Waals surface area contributed by atoms with E-state index in [-0.39, 0.29) is 24.8 Å². The van der Waals surface area contributed by atoms with Crippen molar-refractivity contribution >= 4 is 74.7 Å². The average molecular weight is 1800 g/mol. The van der Waals surface area contributed by atoms with Crippen LogP contribution in [-0.4, -0.2) is 10.9 Å². The van der Waals surface area contributed by atoms with Crippen LogP contribution >= 0.6 is 0 Å². The molecule has 20 aromatic carbocycles. The van der Waals surface area contributed by atoms with Gasteiger partial charge in [0.2, 0.25) is 0 Å². The molecule has 0 amide bonds. The quantitative estimate of drug-likeness (QED) is 0.0668. The third-order valence-electron chi connectivity index (χ3n) is 22.3. The third kappa shape index (κ3) is 22.5. The molecule has 0 aromatic heterocycles. The minimum absolute atomic E-state index is 0. The summed E-state index contributed by atoms with van der Waals surface area (Å²) in [6.45, 7) is 8.84. The molecule has 0 saturated heterocycles. The zero-order valence-electron chi connectivity index (χ0n) is 69.5. The fraction of sp³-hybridized carbons (Fsp3) is 0.0690. The number of rotatable bonds is 16. The first-order valence-electron chi connectivity index (χ1n) is 41.9. The molecule has 0 N–H and O–H groups in total. The normalized spacial score (nSPS) is 10.6. The van der Waals surface area contributed by atoms with Crippen LogP contribution in [0.5, 0.6) is 0 Å². The van der Waals surface area contributed by atoms with E-state index in [4.69, 9.17) is 0 Å². The Bertz CT molecular complexity index is 5830. The topological polar surface area (TPSA) is 0 Å². The van der Waals surface area contributed by atoms with Crippen molar-refractivity contribution < 1.29 is 71.5 Å². The van der Waals surface area contributed by atoms with E-state index in [1.807, 2.05) is 0 Å². The summed E-state index contributed by atoms with van der Waals surface area (Å²) in [5.74, 6) is 0. The summed E-state index contributed by atoms with van der Waals surface area (Å²) < 4.78 is 0. The molecular weight excluding hydrogens is 1700 g/mol. The maximum absolute atomic E-state index is 2.33. The number of hydrogen-bond donors (Lipinski definition) is 0. The van der Waals surface area contributed by atoms with Crippen molar-refractivity contribution in [2.75, 3.05) is 0 Å². The maximum atomic E-state index is 2.33. The molecule has 0 unspecified atom stereocenters. The molecule has 0 heterocycles. The Hall–Kier alpha value is -11.3. The number of fused-ring (bicyclic) bond motifs is 4. The van der Waals surface area contributed by atoms with Crippen LogP contribution in [0.1, 0.15) is 49.9 Å². The molecule has 20 rings (SSSR count). The van der Waals surface area contributed by atoms with E-state index in [1.165, 1.54) is 175 Å². The van der Waals surface area contributed by atoms with Crippen molar-refractivity contribution in [2.45, 2.75) is 53.4 Å². The van der Waals surface area contributed by atoms with E-state index in [2.05, 4.69) is 489 Å². The zero-order valence-corrected chi connectivity index (χ0v) is 77.9. The number of benzene rings is 16. The van der Waals surface area contributed by atoms with Crippen LogP contribution in [0, 0.1) is 0 Å². The van der Waals surface area contributed by atoms with E-state index in [1.54, 1.807) is 46.7 Å². The second-order valence-electron chi connectivity index (χ2n) is 30.1. The van der Waals surface area contributed by atoms with Crippen molar-refractivity contribution in [1.82, 2.24) is 0 Å². The van der Waals surface area contributed by atoms with E-state index in [9.17, 15) is 0 Å². The predicted molar refractivity (Wildman–Crippen MR) is 515 cm³/mol. The van der Waals surface area contributed by atoms with E-state index < -0.39 is 10.9 Å². The molecule has 0 radical (unpaired) electrons. The molecular formula is C116H96Cl2Si2Zr2-2. The Kier molecular flexibility index (Phi) is 32.3. The van der Waals surface area contributed by atoms with Gasteiger partial charge in [-0.2, -0.15) is 24.3 Å². The van der Waals surface area contributed by atoms with Gasteiger partial charge < -0.3 is 24.8 Å². The molecule has 122 heavy (non-hydrogen) atoms. The Labute approximate surface area is 764 Å². The van der Waals surface area contributed by atoms with Crippen molar-refractivity contribution in [3.63, 3.8) is 0 Å². The Balaban J connectivity index is 0.000000127. The van der Waals surface area contributed by atoms with Gasteiger partial charge in [-0.3, -0.25) is 0 Å². The van der Waals surface area contributed by atoms with Crippen LogP contribution in [0.4, 0.5) is 0 Å². The third-order valence-corrected chi connectivity index (χ3v) is 34.5. The second kappa shape index (κ2) is 44.5. The molecule has 20 aromatic rings. The van der Waals surface area contributed by atoms with E-state index in [0.717, 1.165) is 25.7 Å². The number of hydrogen-bond acceptors (Lipinski definition) is 0. The summed E-state index contributed by atoms with van der Waals surface area (Å²) in [7, 11) is 0. The molecule has 0 spiro atoms. The van der Waals surface area contributed by atoms with Crippen LogP contribution in [0.15, 0.2) is 461 Å². The first kappa shape index (κ1) is 88.5. The number of aryl methyl sites for hydroxylation is 4. The molecule has 0 aliphatic carbocycles.